The van der Waals surface area contributed by atoms with E-state index in [2.05, 4.69) is 247 Å². The fourth-order valence-corrected chi connectivity index (χ4v) is 12.8. The van der Waals surface area contributed by atoms with E-state index in [9.17, 15) is 0 Å². The molecule has 2 nitrogen and oxygen atoms in total. The average Bonchev–Trinajstić information content (AvgIpc) is 3.29. The summed E-state index contributed by atoms with van der Waals surface area (Å²) < 4.78 is 0. The zero-order valence-corrected chi connectivity index (χ0v) is 42.5. The zero-order chi connectivity index (χ0) is 46.1. The second-order valence-electron chi connectivity index (χ2n) is 20.9. The third-order valence-corrected chi connectivity index (χ3v) is 17.9. The molecule has 9 aromatic carbocycles. The van der Waals surface area contributed by atoms with Gasteiger partial charge in [-0.15, -0.1) is 0 Å². The van der Waals surface area contributed by atoms with Crippen LogP contribution in [-0.2, 0) is 0 Å². The molecule has 1 aliphatic rings. The van der Waals surface area contributed by atoms with Gasteiger partial charge in [0.2, 0.25) is 0 Å². The predicted molar refractivity (Wildman–Crippen MR) is 296 cm³/mol. The lowest BCUT2D eigenvalue weighted by atomic mass is 9.84. The van der Waals surface area contributed by atoms with Crippen LogP contribution < -0.4 is 20.2 Å². The van der Waals surface area contributed by atoms with Gasteiger partial charge in [0.15, 0.2) is 0 Å². The first-order chi connectivity index (χ1) is 31.6. The highest BCUT2D eigenvalue weighted by Crippen LogP contribution is 2.52. The van der Waals surface area contributed by atoms with Gasteiger partial charge in [0.05, 0.1) is 27.5 Å². The first-order valence-corrected chi connectivity index (χ1v) is 30.8. The van der Waals surface area contributed by atoms with Gasteiger partial charge in [-0.2, -0.15) is 0 Å². The maximum Gasteiger partial charge on any atom is 0.0775 e. The van der Waals surface area contributed by atoms with Gasteiger partial charge < -0.3 is 9.80 Å². The molecule has 9 aromatic rings. The largest absolute Gasteiger partial charge is 0.310 e. The van der Waals surface area contributed by atoms with Gasteiger partial charge in [-0.1, -0.05) is 171 Å². The van der Waals surface area contributed by atoms with Crippen LogP contribution in [0.1, 0.15) is 40.7 Å². The maximum atomic E-state index is 2.54. The Balaban J connectivity index is 1.36. The first-order valence-electron chi connectivity index (χ1n) is 23.8. The molecule has 10 rings (SSSR count). The number of benzene rings is 9. The fourth-order valence-electron chi connectivity index (χ4n) is 10.4. The Morgan fingerprint density at radius 1 is 0.409 bits per heavy atom. The van der Waals surface area contributed by atoms with Crippen molar-refractivity contribution in [2.24, 2.45) is 0 Å². The molecule has 0 unspecified atom stereocenters. The van der Waals surface area contributed by atoms with E-state index in [1.165, 1.54) is 121 Å². The highest BCUT2D eigenvalue weighted by Gasteiger charge is 2.27. The Morgan fingerprint density at radius 2 is 0.939 bits per heavy atom. The molecule has 66 heavy (non-hydrogen) atoms. The number of hydrogen-bond acceptors (Lipinski definition) is 2. The van der Waals surface area contributed by atoms with Crippen LogP contribution in [0.25, 0.3) is 49.0 Å². The minimum Gasteiger partial charge on any atom is -0.310 e. The van der Waals surface area contributed by atoms with Crippen LogP contribution in [-0.4, -0.2) is 16.1 Å². The van der Waals surface area contributed by atoms with Crippen molar-refractivity contribution in [2.45, 2.75) is 79.8 Å². The Hall–Kier alpha value is -6.47. The van der Waals surface area contributed by atoms with Gasteiger partial charge in [0.1, 0.15) is 0 Å². The molecule has 0 saturated carbocycles. The van der Waals surface area contributed by atoms with Crippen molar-refractivity contribution in [1.82, 2.24) is 0 Å². The van der Waals surface area contributed by atoms with Crippen molar-refractivity contribution in [3.05, 3.63) is 198 Å². The predicted octanol–water partition coefficient (Wildman–Crippen LogP) is 17.2. The molecule has 0 radical (unpaired) electrons. The van der Waals surface area contributed by atoms with Crippen LogP contribution in [0.5, 0.6) is 0 Å². The molecule has 0 heterocycles. The Morgan fingerprint density at radius 3 is 1.48 bits per heavy atom. The summed E-state index contributed by atoms with van der Waals surface area (Å²) in [5, 5.41) is 10.6. The number of allylic oxidation sites excluding steroid dienone is 4. The number of aryl methyl sites for hydroxylation is 4. The monoisotopic (exact) mass is 890 g/mol. The number of nitrogens with zero attached hydrogens (tertiary/aromatic N) is 2. The van der Waals surface area contributed by atoms with Crippen LogP contribution in [0.4, 0.5) is 34.1 Å². The minimum absolute atomic E-state index is 1.03. The first kappa shape index (κ1) is 43.4. The molecule has 0 fully saturated rings. The smallest absolute Gasteiger partial charge is 0.0775 e. The summed E-state index contributed by atoms with van der Waals surface area (Å²) in [5.41, 5.74) is 17.1. The standard InChI is InChI=1S/C62H62N2Si2/c1-41-21-34-58(44(4)36-41)64(48-24-28-51(29-25-48)66(8,9)10)60-40-57(46-19-15-12-16-20-46)53-30-32-54-59(39-56(45-17-13-11-14-18-45)52-31-33-55(60)62(53)61(52)54)63(49-37-42(2)35-43(3)38-49)47-22-26-50(27-23-47)65(5,6)7/h12-13,15-40H,11,14H2,1-10H3. The minimum atomic E-state index is -1.54. The lowest BCUT2D eigenvalue weighted by Crippen LogP contribution is -2.37. The van der Waals surface area contributed by atoms with Gasteiger partial charge in [-0.3, -0.25) is 0 Å². The van der Waals surface area contributed by atoms with Crippen LogP contribution in [0.3, 0.4) is 0 Å². The van der Waals surface area contributed by atoms with Crippen LogP contribution in [0.15, 0.2) is 170 Å². The number of anilines is 6. The van der Waals surface area contributed by atoms with E-state index in [0.29, 0.717) is 0 Å². The van der Waals surface area contributed by atoms with Crippen molar-refractivity contribution in [3.8, 4) is 11.1 Å². The van der Waals surface area contributed by atoms with Crippen LogP contribution in [0.2, 0.25) is 39.3 Å². The Labute approximate surface area is 394 Å². The van der Waals surface area contributed by atoms with E-state index in [1.807, 2.05) is 0 Å². The van der Waals surface area contributed by atoms with Crippen molar-refractivity contribution in [1.29, 1.82) is 0 Å². The summed E-state index contributed by atoms with van der Waals surface area (Å²) >= 11 is 0. The third kappa shape index (κ3) is 7.90. The molecule has 0 N–H and O–H groups in total. The molecule has 0 atom stereocenters. The summed E-state index contributed by atoms with van der Waals surface area (Å²) in [6.45, 7) is 23.5. The second kappa shape index (κ2) is 16.8. The molecular formula is C62H62N2Si2. The summed E-state index contributed by atoms with van der Waals surface area (Å²) in [5.74, 6) is 0. The van der Waals surface area contributed by atoms with Gasteiger partial charge >= 0.3 is 0 Å². The van der Waals surface area contributed by atoms with Crippen molar-refractivity contribution in [2.75, 3.05) is 9.80 Å². The van der Waals surface area contributed by atoms with E-state index >= 15 is 0 Å². The molecular weight excluding hydrogens is 829 g/mol. The Bertz CT molecular complexity index is 3330. The molecule has 328 valence electrons. The lowest BCUT2D eigenvalue weighted by Gasteiger charge is -2.32. The normalized spacial score (nSPS) is 13.2. The highest BCUT2D eigenvalue weighted by atomic mass is 28.3. The molecule has 0 amide bonds. The second-order valence-corrected chi connectivity index (χ2v) is 31.0. The topological polar surface area (TPSA) is 6.48 Å². The van der Waals surface area contributed by atoms with Gasteiger partial charge in [0, 0.05) is 44.3 Å². The highest BCUT2D eigenvalue weighted by molar-refractivity contribution is 6.89. The Kier molecular flexibility index (Phi) is 11.0. The molecule has 0 aliphatic heterocycles. The zero-order valence-electron chi connectivity index (χ0n) is 40.5. The third-order valence-electron chi connectivity index (χ3n) is 13.8. The van der Waals surface area contributed by atoms with Gasteiger partial charge in [-0.25, -0.2) is 0 Å². The van der Waals surface area contributed by atoms with E-state index in [-0.39, 0.29) is 0 Å². The van der Waals surface area contributed by atoms with Crippen molar-refractivity contribution < 1.29 is 0 Å². The molecule has 0 spiro atoms. The quantitative estimate of drug-likeness (QED) is 0.0997. The summed E-state index contributed by atoms with van der Waals surface area (Å²) in [7, 11) is -3.08. The fraction of sp³-hybridized carbons (Fsp3) is 0.194. The maximum absolute atomic E-state index is 2.54. The summed E-state index contributed by atoms with van der Waals surface area (Å²) in [4.78, 5) is 5.08. The SMILES string of the molecule is Cc1cc(C)cc(N(c2ccc([Si](C)(C)C)cc2)c2cc(C3=CCCC=C3)c3ccc4c(N(c5ccc([Si](C)(C)C)cc5)c5ccc(C)cc5C)cc(-c5ccccc5)c5ccc2c3c54)c1. The average molecular weight is 891 g/mol. The molecule has 1 aliphatic carbocycles. The molecule has 0 saturated heterocycles. The molecule has 0 bridgehead atoms. The van der Waals surface area contributed by atoms with Gasteiger partial charge in [-0.05, 0) is 145 Å². The van der Waals surface area contributed by atoms with E-state index < -0.39 is 16.1 Å². The van der Waals surface area contributed by atoms with Crippen LogP contribution in [0, 0.1) is 27.7 Å². The van der Waals surface area contributed by atoms with Crippen LogP contribution >= 0.6 is 0 Å². The van der Waals surface area contributed by atoms with E-state index in [1.54, 1.807) is 0 Å². The van der Waals surface area contributed by atoms with E-state index in [4.69, 9.17) is 0 Å². The summed E-state index contributed by atoms with van der Waals surface area (Å²) in [6.07, 6.45) is 9.26. The van der Waals surface area contributed by atoms with Crippen molar-refractivity contribution >= 4 is 98.5 Å². The lowest BCUT2D eigenvalue weighted by molar-refractivity contribution is 1.04. The van der Waals surface area contributed by atoms with Crippen molar-refractivity contribution in [3.63, 3.8) is 0 Å². The number of rotatable bonds is 10. The van der Waals surface area contributed by atoms with Gasteiger partial charge in [0.25, 0.3) is 0 Å². The molecule has 4 heteroatoms. The number of hydrogen-bond donors (Lipinski definition) is 0. The molecule has 0 aromatic heterocycles. The summed E-state index contributed by atoms with van der Waals surface area (Å²) in [6, 6.07) is 58.6. The van der Waals surface area contributed by atoms with E-state index in [0.717, 1.165) is 12.8 Å².